The molecular weight excluding hydrogens is 457 g/mol. The van der Waals surface area contributed by atoms with E-state index in [1.807, 2.05) is 12.1 Å². The molecule has 1 saturated heterocycles. The predicted octanol–water partition coefficient (Wildman–Crippen LogP) is 2.15. The van der Waals surface area contributed by atoms with E-state index in [0.717, 1.165) is 64.2 Å². The molecule has 2 aliphatic rings. The van der Waals surface area contributed by atoms with Crippen LogP contribution >= 0.6 is 24.0 Å². The fraction of sp³-hybridized carbons (Fsp3) is 0.684. The maximum atomic E-state index is 5.97. The summed E-state index contributed by atoms with van der Waals surface area (Å²) in [6.07, 6.45) is 7.91. The third-order valence-electron chi connectivity index (χ3n) is 4.88. The van der Waals surface area contributed by atoms with E-state index < -0.39 is 0 Å². The molecule has 27 heavy (non-hydrogen) atoms. The Hall–Kier alpha value is -1.13. The zero-order valence-electron chi connectivity index (χ0n) is 15.9. The first-order valence-corrected chi connectivity index (χ1v) is 9.75. The molecule has 2 fully saturated rings. The molecule has 1 aromatic heterocycles. The number of aliphatic imine (C=N–C) groups is 1. The first-order valence-electron chi connectivity index (χ1n) is 9.75. The molecule has 7 nitrogen and oxygen atoms in total. The van der Waals surface area contributed by atoms with Crippen molar-refractivity contribution in [3.8, 4) is 5.88 Å². The molecule has 2 heterocycles. The van der Waals surface area contributed by atoms with Gasteiger partial charge in [0.1, 0.15) is 6.10 Å². The van der Waals surface area contributed by atoms with E-state index in [0.29, 0.717) is 24.5 Å². The van der Waals surface area contributed by atoms with Crippen LogP contribution in [0.3, 0.4) is 0 Å². The molecule has 0 unspecified atom stereocenters. The van der Waals surface area contributed by atoms with Crippen molar-refractivity contribution in [1.82, 2.24) is 15.2 Å². The first kappa shape index (κ1) is 22.2. The van der Waals surface area contributed by atoms with Crippen molar-refractivity contribution in [2.45, 2.75) is 44.8 Å². The van der Waals surface area contributed by atoms with Gasteiger partial charge in [0.2, 0.25) is 5.88 Å². The van der Waals surface area contributed by atoms with E-state index in [-0.39, 0.29) is 24.0 Å². The summed E-state index contributed by atoms with van der Waals surface area (Å²) in [7, 11) is 0. The van der Waals surface area contributed by atoms with Crippen molar-refractivity contribution in [2.75, 3.05) is 39.4 Å². The van der Waals surface area contributed by atoms with Gasteiger partial charge in [0.25, 0.3) is 0 Å². The summed E-state index contributed by atoms with van der Waals surface area (Å²) in [6, 6.07) is 3.92. The summed E-state index contributed by atoms with van der Waals surface area (Å²) < 4.78 is 11.3. The molecule has 0 spiro atoms. The number of hydrogen-bond acceptors (Lipinski definition) is 5. The fourth-order valence-electron chi connectivity index (χ4n) is 3.37. The highest BCUT2D eigenvalue weighted by Gasteiger charge is 2.17. The van der Waals surface area contributed by atoms with Gasteiger partial charge in [-0.2, -0.15) is 0 Å². The third-order valence-corrected chi connectivity index (χ3v) is 4.88. The summed E-state index contributed by atoms with van der Waals surface area (Å²) >= 11 is 0. The third kappa shape index (κ3) is 8.18. The van der Waals surface area contributed by atoms with Crippen LogP contribution in [0.5, 0.6) is 5.88 Å². The Morgan fingerprint density at radius 2 is 2.11 bits per heavy atom. The molecule has 0 atom stereocenters. The summed E-state index contributed by atoms with van der Waals surface area (Å²) in [5.41, 5.74) is 7.03. The number of halogens is 1. The standard InChI is InChI=1S/C19H31N5O2.HI/c20-19(22-7-3-9-24-10-12-25-13-11-24)23-15-16-6-8-21-18(14-16)26-17-4-1-2-5-17;/h6,8,14,17H,1-5,7,9-13,15H2,(H3,20,22,23);1H. The number of guanidine groups is 1. The number of nitrogens with two attached hydrogens (primary N) is 1. The smallest absolute Gasteiger partial charge is 0.213 e. The predicted molar refractivity (Wildman–Crippen MR) is 118 cm³/mol. The second kappa shape index (κ2) is 12.4. The molecular formula is C19H32IN5O2. The van der Waals surface area contributed by atoms with Crippen LogP contribution in [0.2, 0.25) is 0 Å². The number of rotatable bonds is 8. The van der Waals surface area contributed by atoms with E-state index >= 15 is 0 Å². The van der Waals surface area contributed by atoms with Crippen molar-refractivity contribution in [3.05, 3.63) is 23.9 Å². The van der Waals surface area contributed by atoms with Crippen LogP contribution < -0.4 is 15.8 Å². The Balaban J connectivity index is 0.00000261. The second-order valence-electron chi connectivity index (χ2n) is 6.96. The molecule has 1 aromatic rings. The Kier molecular flexibility index (Phi) is 10.1. The van der Waals surface area contributed by atoms with Gasteiger partial charge in [-0.05, 0) is 50.3 Å². The molecule has 3 N–H and O–H groups in total. The number of ether oxygens (including phenoxy) is 2. The zero-order chi connectivity index (χ0) is 18.0. The Morgan fingerprint density at radius 3 is 2.89 bits per heavy atom. The number of nitrogens with zero attached hydrogens (tertiary/aromatic N) is 3. The van der Waals surface area contributed by atoms with Crippen LogP contribution in [0.15, 0.2) is 23.3 Å². The number of nitrogens with one attached hydrogen (secondary N) is 1. The van der Waals surface area contributed by atoms with E-state index in [4.69, 9.17) is 15.2 Å². The normalized spacial score (nSPS) is 18.9. The monoisotopic (exact) mass is 489 g/mol. The highest BCUT2D eigenvalue weighted by atomic mass is 127. The quantitative estimate of drug-likeness (QED) is 0.252. The maximum absolute atomic E-state index is 5.97. The minimum absolute atomic E-state index is 0. The van der Waals surface area contributed by atoms with Gasteiger partial charge in [-0.15, -0.1) is 24.0 Å². The van der Waals surface area contributed by atoms with Gasteiger partial charge in [-0.1, -0.05) is 0 Å². The Labute approximate surface area is 179 Å². The van der Waals surface area contributed by atoms with Crippen molar-refractivity contribution in [3.63, 3.8) is 0 Å². The molecule has 8 heteroatoms. The second-order valence-corrected chi connectivity index (χ2v) is 6.96. The average Bonchev–Trinajstić information content (AvgIpc) is 3.18. The van der Waals surface area contributed by atoms with Crippen molar-refractivity contribution in [2.24, 2.45) is 10.7 Å². The fourth-order valence-corrected chi connectivity index (χ4v) is 3.37. The van der Waals surface area contributed by atoms with Crippen molar-refractivity contribution < 1.29 is 9.47 Å². The van der Waals surface area contributed by atoms with Crippen LogP contribution in [0, 0.1) is 0 Å². The lowest BCUT2D eigenvalue weighted by atomic mass is 10.2. The van der Waals surface area contributed by atoms with Gasteiger partial charge in [0, 0.05) is 31.9 Å². The summed E-state index contributed by atoms with van der Waals surface area (Å²) in [4.78, 5) is 11.1. The van der Waals surface area contributed by atoms with Crippen LogP contribution in [-0.4, -0.2) is 61.3 Å². The molecule has 3 rings (SSSR count). The molecule has 1 aliphatic carbocycles. The molecule has 1 aliphatic heterocycles. The summed E-state index contributed by atoms with van der Waals surface area (Å²) in [6.45, 7) is 6.17. The van der Waals surface area contributed by atoms with Gasteiger partial charge >= 0.3 is 0 Å². The topological polar surface area (TPSA) is 85.0 Å². The van der Waals surface area contributed by atoms with E-state index in [9.17, 15) is 0 Å². The molecule has 0 radical (unpaired) electrons. The summed E-state index contributed by atoms with van der Waals surface area (Å²) in [5.74, 6) is 1.18. The maximum Gasteiger partial charge on any atom is 0.213 e. The Morgan fingerprint density at radius 1 is 1.33 bits per heavy atom. The lowest BCUT2D eigenvalue weighted by Gasteiger charge is -2.26. The van der Waals surface area contributed by atoms with Crippen LogP contribution in [0.4, 0.5) is 0 Å². The highest BCUT2D eigenvalue weighted by molar-refractivity contribution is 14.0. The minimum atomic E-state index is 0. The van der Waals surface area contributed by atoms with Crippen LogP contribution in [0.1, 0.15) is 37.7 Å². The van der Waals surface area contributed by atoms with E-state index in [1.54, 1.807) is 6.20 Å². The highest BCUT2D eigenvalue weighted by Crippen LogP contribution is 2.23. The zero-order valence-corrected chi connectivity index (χ0v) is 18.3. The number of morpholine rings is 1. The SMILES string of the molecule is I.NC(=NCc1ccnc(OC2CCCC2)c1)NCCCN1CCOCC1. The largest absolute Gasteiger partial charge is 0.474 e. The number of aromatic nitrogens is 1. The van der Waals surface area contributed by atoms with Gasteiger partial charge in [-0.3, -0.25) is 4.90 Å². The van der Waals surface area contributed by atoms with Crippen LogP contribution in [-0.2, 0) is 11.3 Å². The Bertz CT molecular complexity index is 575. The molecule has 0 aromatic carbocycles. The lowest BCUT2D eigenvalue weighted by Crippen LogP contribution is -2.39. The minimum Gasteiger partial charge on any atom is -0.474 e. The average molecular weight is 489 g/mol. The number of hydrogen-bond donors (Lipinski definition) is 2. The van der Waals surface area contributed by atoms with Crippen molar-refractivity contribution in [1.29, 1.82) is 0 Å². The van der Waals surface area contributed by atoms with Crippen molar-refractivity contribution >= 4 is 29.9 Å². The van der Waals surface area contributed by atoms with E-state index in [1.165, 1.54) is 12.8 Å². The molecule has 1 saturated carbocycles. The van der Waals surface area contributed by atoms with Crippen LogP contribution in [0.25, 0.3) is 0 Å². The molecule has 152 valence electrons. The van der Waals surface area contributed by atoms with Gasteiger partial charge in [-0.25, -0.2) is 9.98 Å². The van der Waals surface area contributed by atoms with E-state index in [2.05, 4.69) is 20.2 Å². The van der Waals surface area contributed by atoms with Gasteiger partial charge in [0.15, 0.2) is 5.96 Å². The van der Waals surface area contributed by atoms with Gasteiger partial charge < -0.3 is 20.5 Å². The molecule has 0 amide bonds. The van der Waals surface area contributed by atoms with Gasteiger partial charge in [0.05, 0.1) is 19.8 Å². The lowest BCUT2D eigenvalue weighted by molar-refractivity contribution is 0.0376. The summed E-state index contributed by atoms with van der Waals surface area (Å²) in [5, 5.41) is 3.19. The molecule has 0 bridgehead atoms. The first-order chi connectivity index (χ1) is 12.8. The number of pyridine rings is 1.